The van der Waals surface area contributed by atoms with Crippen molar-refractivity contribution < 1.29 is 4.79 Å². The first-order valence-electron chi connectivity index (χ1n) is 6.08. The molecule has 3 rings (SSSR count). The van der Waals surface area contributed by atoms with Gasteiger partial charge in [0.2, 0.25) is 0 Å². The summed E-state index contributed by atoms with van der Waals surface area (Å²) >= 11 is 0. The lowest BCUT2D eigenvalue weighted by atomic mass is 9.89. The molecule has 17 heavy (non-hydrogen) atoms. The number of fused-ring (bicyclic) bond motifs is 3. The average Bonchev–Trinajstić information content (AvgIpc) is 2.67. The van der Waals surface area contributed by atoms with E-state index in [0.717, 1.165) is 18.4 Å². The Kier molecular flexibility index (Phi) is 2.21. The number of carbonyl (C=O) groups excluding carboxylic acids is 1. The maximum Gasteiger partial charge on any atom is 0.265 e. The molecule has 0 fully saturated rings. The van der Waals surface area contributed by atoms with Crippen molar-refractivity contribution in [3.05, 3.63) is 35.0 Å². The van der Waals surface area contributed by atoms with Crippen molar-refractivity contribution in [1.29, 1.82) is 0 Å². The Morgan fingerprint density at radius 1 is 1.29 bits per heavy atom. The Morgan fingerprint density at radius 3 is 2.82 bits per heavy atom. The van der Waals surface area contributed by atoms with Gasteiger partial charge in [0.15, 0.2) is 0 Å². The molecule has 2 aromatic rings. The van der Waals surface area contributed by atoms with Crippen LogP contribution in [-0.4, -0.2) is 10.5 Å². The number of benzene rings is 1. The first-order chi connectivity index (χ1) is 8.18. The second-order valence-corrected chi connectivity index (χ2v) is 4.80. The third-order valence-corrected chi connectivity index (χ3v) is 3.81. The topological polar surface area (TPSA) is 48.0 Å². The van der Waals surface area contributed by atoms with Crippen LogP contribution in [0.25, 0.3) is 10.9 Å². The van der Waals surface area contributed by atoms with Gasteiger partial charge in [-0.1, -0.05) is 6.07 Å². The highest BCUT2D eigenvalue weighted by Gasteiger charge is 2.17. The van der Waals surface area contributed by atoms with E-state index < -0.39 is 0 Å². The van der Waals surface area contributed by atoms with Crippen molar-refractivity contribution in [3.63, 3.8) is 0 Å². The van der Waals surface area contributed by atoms with E-state index in [1.807, 2.05) is 17.7 Å². The molecule has 0 atom stereocenters. The van der Waals surface area contributed by atoms with E-state index in [9.17, 15) is 4.79 Å². The molecule has 0 bridgehead atoms. The van der Waals surface area contributed by atoms with E-state index in [0.29, 0.717) is 5.69 Å². The Labute approximate surface area is 100 Å². The molecule has 3 nitrogen and oxygen atoms in total. The number of carbonyl (C=O) groups is 1. The highest BCUT2D eigenvalue weighted by molar-refractivity contribution is 5.99. The van der Waals surface area contributed by atoms with Crippen LogP contribution >= 0.6 is 0 Å². The van der Waals surface area contributed by atoms with Crippen LogP contribution in [0.3, 0.4) is 0 Å². The third-order valence-electron chi connectivity index (χ3n) is 3.81. The molecule has 1 aliphatic carbocycles. The molecule has 0 aliphatic heterocycles. The van der Waals surface area contributed by atoms with E-state index in [1.165, 1.54) is 29.4 Å². The lowest BCUT2D eigenvalue weighted by molar-refractivity contribution is 0.0993. The standard InChI is InChI=1S/C14H16N2O/c1-16-12-7-6-9-4-2-3-5-10(9)11(12)8-13(16)14(15)17/h6-8H,2-5H2,1H3,(H2,15,17). The van der Waals surface area contributed by atoms with Crippen LogP contribution < -0.4 is 5.73 Å². The van der Waals surface area contributed by atoms with E-state index in [1.54, 1.807) is 0 Å². The van der Waals surface area contributed by atoms with Crippen LogP contribution in [0.5, 0.6) is 0 Å². The van der Waals surface area contributed by atoms with E-state index >= 15 is 0 Å². The molecule has 1 aromatic heterocycles. The monoisotopic (exact) mass is 228 g/mol. The van der Waals surface area contributed by atoms with Gasteiger partial charge in [-0.3, -0.25) is 4.79 Å². The van der Waals surface area contributed by atoms with Crippen LogP contribution in [0, 0.1) is 0 Å². The summed E-state index contributed by atoms with van der Waals surface area (Å²) in [6.07, 6.45) is 4.79. The zero-order valence-corrected chi connectivity index (χ0v) is 9.99. The number of hydrogen-bond acceptors (Lipinski definition) is 1. The normalized spacial score (nSPS) is 14.9. The minimum Gasteiger partial charge on any atom is -0.364 e. The summed E-state index contributed by atoms with van der Waals surface area (Å²) in [6, 6.07) is 6.25. The van der Waals surface area contributed by atoms with Crippen LogP contribution in [0.2, 0.25) is 0 Å². The number of nitrogens with zero attached hydrogens (tertiary/aromatic N) is 1. The molecule has 2 N–H and O–H groups in total. The number of rotatable bonds is 1. The summed E-state index contributed by atoms with van der Waals surface area (Å²) in [5.74, 6) is -0.353. The average molecular weight is 228 g/mol. The summed E-state index contributed by atoms with van der Waals surface area (Å²) < 4.78 is 1.90. The molecule has 1 heterocycles. The third kappa shape index (κ3) is 1.46. The largest absolute Gasteiger partial charge is 0.364 e. The molecule has 0 saturated carbocycles. The second-order valence-electron chi connectivity index (χ2n) is 4.80. The van der Waals surface area contributed by atoms with Gasteiger partial charge in [-0.25, -0.2) is 0 Å². The Morgan fingerprint density at radius 2 is 2.06 bits per heavy atom. The fourth-order valence-corrected chi connectivity index (χ4v) is 2.90. The predicted molar refractivity (Wildman–Crippen MR) is 68.1 cm³/mol. The molecule has 1 amide bonds. The molecule has 1 aliphatic rings. The molecule has 0 spiro atoms. The van der Waals surface area contributed by atoms with Crippen molar-refractivity contribution >= 4 is 16.8 Å². The fourth-order valence-electron chi connectivity index (χ4n) is 2.90. The number of aromatic nitrogens is 1. The Hall–Kier alpha value is -1.77. The zero-order valence-electron chi connectivity index (χ0n) is 9.99. The van der Waals surface area contributed by atoms with Crippen molar-refractivity contribution in [2.75, 3.05) is 0 Å². The lowest BCUT2D eigenvalue weighted by Gasteiger charge is -2.16. The molecule has 0 unspecified atom stereocenters. The van der Waals surface area contributed by atoms with E-state index in [2.05, 4.69) is 12.1 Å². The van der Waals surface area contributed by atoms with Gasteiger partial charge in [0.25, 0.3) is 5.91 Å². The van der Waals surface area contributed by atoms with Crippen LogP contribution in [-0.2, 0) is 19.9 Å². The number of primary amides is 1. The van der Waals surface area contributed by atoms with Crippen molar-refractivity contribution in [3.8, 4) is 0 Å². The maximum atomic E-state index is 11.4. The van der Waals surface area contributed by atoms with Gasteiger partial charge in [0.1, 0.15) is 5.69 Å². The highest BCUT2D eigenvalue weighted by Crippen LogP contribution is 2.30. The number of amides is 1. The Bertz CT molecular complexity index is 610. The van der Waals surface area contributed by atoms with E-state index in [-0.39, 0.29) is 5.91 Å². The minimum atomic E-state index is -0.353. The number of nitrogens with two attached hydrogens (primary N) is 1. The summed E-state index contributed by atoms with van der Waals surface area (Å²) in [5, 5.41) is 1.21. The number of aryl methyl sites for hydroxylation is 3. The smallest absolute Gasteiger partial charge is 0.265 e. The zero-order chi connectivity index (χ0) is 12.0. The highest BCUT2D eigenvalue weighted by atomic mass is 16.1. The maximum absolute atomic E-state index is 11.4. The van der Waals surface area contributed by atoms with Crippen molar-refractivity contribution in [1.82, 2.24) is 4.57 Å². The minimum absolute atomic E-state index is 0.353. The summed E-state index contributed by atoms with van der Waals surface area (Å²) in [4.78, 5) is 11.4. The quantitative estimate of drug-likeness (QED) is 0.798. The molecule has 1 aromatic carbocycles. The predicted octanol–water partition coefficient (Wildman–Crippen LogP) is 2.16. The summed E-state index contributed by atoms with van der Waals surface area (Å²) in [7, 11) is 1.90. The van der Waals surface area contributed by atoms with Gasteiger partial charge in [0.05, 0.1) is 0 Å². The summed E-state index contributed by atoms with van der Waals surface area (Å²) in [5.41, 5.74) is 9.95. The summed E-state index contributed by atoms with van der Waals surface area (Å²) in [6.45, 7) is 0. The Balaban J connectivity index is 2.33. The van der Waals surface area contributed by atoms with Gasteiger partial charge in [-0.15, -0.1) is 0 Å². The van der Waals surface area contributed by atoms with Gasteiger partial charge in [-0.2, -0.15) is 0 Å². The molecular formula is C14H16N2O. The molecular weight excluding hydrogens is 212 g/mol. The van der Waals surface area contributed by atoms with Gasteiger partial charge >= 0.3 is 0 Å². The first-order valence-corrected chi connectivity index (χ1v) is 6.08. The molecule has 88 valence electrons. The fraction of sp³-hybridized carbons (Fsp3) is 0.357. The van der Waals surface area contributed by atoms with Crippen LogP contribution in [0.4, 0.5) is 0 Å². The second kappa shape index (κ2) is 3.62. The van der Waals surface area contributed by atoms with Gasteiger partial charge < -0.3 is 10.3 Å². The number of hydrogen-bond donors (Lipinski definition) is 1. The van der Waals surface area contributed by atoms with Crippen molar-refractivity contribution in [2.24, 2.45) is 12.8 Å². The first kappa shape index (κ1) is 10.4. The van der Waals surface area contributed by atoms with Gasteiger partial charge in [-0.05, 0) is 48.9 Å². The van der Waals surface area contributed by atoms with Gasteiger partial charge in [0, 0.05) is 18.0 Å². The molecule has 0 radical (unpaired) electrons. The van der Waals surface area contributed by atoms with Crippen LogP contribution in [0.1, 0.15) is 34.5 Å². The van der Waals surface area contributed by atoms with Crippen LogP contribution in [0.15, 0.2) is 18.2 Å². The van der Waals surface area contributed by atoms with Crippen molar-refractivity contribution in [2.45, 2.75) is 25.7 Å². The van der Waals surface area contributed by atoms with E-state index in [4.69, 9.17) is 5.73 Å². The lowest BCUT2D eigenvalue weighted by Crippen LogP contribution is -2.14. The SMILES string of the molecule is Cn1c(C(N)=O)cc2c3c(ccc21)CCCC3. The molecule has 0 saturated heterocycles. The molecule has 3 heteroatoms.